The third-order valence-corrected chi connectivity index (χ3v) is 3.36. The van der Waals surface area contributed by atoms with Crippen molar-refractivity contribution in [3.8, 4) is 0 Å². The van der Waals surface area contributed by atoms with E-state index in [0.29, 0.717) is 12.1 Å². The zero-order chi connectivity index (χ0) is 10.7. The predicted molar refractivity (Wildman–Crippen MR) is 61.4 cm³/mol. The highest BCUT2D eigenvalue weighted by Crippen LogP contribution is 2.27. The Balaban J connectivity index is 2.10. The van der Waals surface area contributed by atoms with Crippen molar-refractivity contribution < 1.29 is 0 Å². The lowest BCUT2D eigenvalue weighted by Gasteiger charge is -2.29. The maximum Gasteiger partial charge on any atom is 0.0338 e. The third kappa shape index (κ3) is 2.19. The summed E-state index contributed by atoms with van der Waals surface area (Å²) < 4.78 is 0. The number of rotatable bonds is 3. The minimum atomic E-state index is 0.440. The van der Waals surface area contributed by atoms with E-state index in [1.54, 1.807) is 0 Å². The van der Waals surface area contributed by atoms with Crippen LogP contribution in [0.5, 0.6) is 0 Å². The summed E-state index contributed by atoms with van der Waals surface area (Å²) in [6.07, 6.45) is 6.28. The quantitative estimate of drug-likeness (QED) is 0.814. The van der Waals surface area contributed by atoms with Crippen molar-refractivity contribution in [1.29, 1.82) is 0 Å². The van der Waals surface area contributed by atoms with E-state index in [4.69, 9.17) is 5.73 Å². The Kier molecular flexibility index (Phi) is 3.34. The smallest absolute Gasteiger partial charge is 0.0338 e. The van der Waals surface area contributed by atoms with Crippen LogP contribution >= 0.6 is 0 Å². The molecule has 1 saturated heterocycles. The molecule has 0 radical (unpaired) electrons. The van der Waals surface area contributed by atoms with Crippen LogP contribution in [-0.4, -0.2) is 29.0 Å². The predicted octanol–water partition coefficient (Wildman–Crippen LogP) is 1.57. The second kappa shape index (κ2) is 4.73. The van der Waals surface area contributed by atoms with Crippen molar-refractivity contribution in [2.45, 2.75) is 31.8 Å². The van der Waals surface area contributed by atoms with Gasteiger partial charge < -0.3 is 5.73 Å². The highest BCUT2D eigenvalue weighted by atomic mass is 15.2. The van der Waals surface area contributed by atoms with Gasteiger partial charge in [0.05, 0.1) is 0 Å². The molecule has 2 N–H and O–H groups in total. The normalized spacial score (nSPS) is 24.3. The van der Waals surface area contributed by atoms with Gasteiger partial charge >= 0.3 is 0 Å². The Hall–Kier alpha value is -0.930. The number of pyridine rings is 1. The summed E-state index contributed by atoms with van der Waals surface area (Å²) in [4.78, 5) is 6.67. The number of nitrogens with zero attached hydrogens (tertiary/aromatic N) is 2. The minimum Gasteiger partial charge on any atom is -0.329 e. The number of aromatic nitrogens is 1. The van der Waals surface area contributed by atoms with Crippen molar-refractivity contribution in [1.82, 2.24) is 9.88 Å². The molecule has 0 amide bonds. The van der Waals surface area contributed by atoms with Gasteiger partial charge in [-0.05, 0) is 37.9 Å². The summed E-state index contributed by atoms with van der Waals surface area (Å²) >= 11 is 0. The Labute approximate surface area is 91.3 Å². The van der Waals surface area contributed by atoms with Gasteiger partial charge in [-0.25, -0.2) is 0 Å². The molecule has 1 aliphatic rings. The highest BCUT2D eigenvalue weighted by Gasteiger charge is 2.27. The lowest BCUT2D eigenvalue weighted by atomic mass is 10.1. The van der Waals surface area contributed by atoms with Gasteiger partial charge in [0.15, 0.2) is 0 Å². The number of likely N-dealkylation sites (tertiary alicyclic amines) is 1. The monoisotopic (exact) mass is 205 g/mol. The highest BCUT2D eigenvalue weighted by molar-refractivity contribution is 5.14. The first-order valence-electron chi connectivity index (χ1n) is 5.68. The molecule has 0 spiro atoms. The fourth-order valence-electron chi connectivity index (χ4n) is 2.44. The molecule has 2 unspecified atom stereocenters. The average molecular weight is 205 g/mol. The standard InChI is InChI=1S/C12H19N3/c1-10(11-4-2-6-14-9-11)15-7-3-5-12(15)8-13/h2,4,6,9-10,12H,3,5,7-8,13H2,1H3. The van der Waals surface area contributed by atoms with Crippen molar-refractivity contribution in [2.24, 2.45) is 5.73 Å². The topological polar surface area (TPSA) is 42.2 Å². The fourth-order valence-corrected chi connectivity index (χ4v) is 2.44. The van der Waals surface area contributed by atoms with Gasteiger partial charge in [-0.2, -0.15) is 0 Å². The number of hydrogen-bond acceptors (Lipinski definition) is 3. The van der Waals surface area contributed by atoms with Crippen LogP contribution in [0.15, 0.2) is 24.5 Å². The van der Waals surface area contributed by atoms with Gasteiger partial charge in [-0.3, -0.25) is 9.88 Å². The van der Waals surface area contributed by atoms with Gasteiger partial charge in [-0.15, -0.1) is 0 Å². The molecule has 2 atom stereocenters. The SMILES string of the molecule is CC(c1cccnc1)N1CCCC1CN. The molecule has 0 bridgehead atoms. The van der Waals surface area contributed by atoms with Crippen molar-refractivity contribution in [2.75, 3.05) is 13.1 Å². The van der Waals surface area contributed by atoms with Crippen molar-refractivity contribution >= 4 is 0 Å². The van der Waals surface area contributed by atoms with Crippen LogP contribution in [0.4, 0.5) is 0 Å². The Morgan fingerprint density at radius 2 is 2.53 bits per heavy atom. The largest absolute Gasteiger partial charge is 0.329 e. The van der Waals surface area contributed by atoms with Gasteiger partial charge in [0.1, 0.15) is 0 Å². The van der Waals surface area contributed by atoms with Crippen LogP contribution in [0.25, 0.3) is 0 Å². The van der Waals surface area contributed by atoms with Gasteiger partial charge in [0.2, 0.25) is 0 Å². The van der Waals surface area contributed by atoms with Crippen LogP contribution < -0.4 is 5.73 Å². The van der Waals surface area contributed by atoms with Crippen molar-refractivity contribution in [3.63, 3.8) is 0 Å². The van der Waals surface area contributed by atoms with Crippen LogP contribution in [0.3, 0.4) is 0 Å². The van der Waals surface area contributed by atoms with E-state index < -0.39 is 0 Å². The molecule has 82 valence electrons. The third-order valence-electron chi connectivity index (χ3n) is 3.36. The van der Waals surface area contributed by atoms with E-state index >= 15 is 0 Å². The molecule has 1 aromatic rings. The lowest BCUT2D eigenvalue weighted by Crippen LogP contribution is -2.37. The molecular formula is C12H19N3. The molecule has 15 heavy (non-hydrogen) atoms. The number of hydrogen-bond donors (Lipinski definition) is 1. The first-order chi connectivity index (χ1) is 7.33. The van der Waals surface area contributed by atoms with Gasteiger partial charge in [0, 0.05) is 31.0 Å². The zero-order valence-corrected chi connectivity index (χ0v) is 9.26. The zero-order valence-electron chi connectivity index (χ0n) is 9.26. The molecule has 0 aromatic carbocycles. The minimum absolute atomic E-state index is 0.440. The molecule has 2 heterocycles. The van der Waals surface area contributed by atoms with Gasteiger partial charge in [-0.1, -0.05) is 6.07 Å². The Morgan fingerprint density at radius 1 is 1.67 bits per heavy atom. The van der Waals surface area contributed by atoms with E-state index in [2.05, 4.69) is 22.9 Å². The molecule has 1 fully saturated rings. The molecule has 1 aromatic heterocycles. The molecule has 1 aliphatic heterocycles. The summed E-state index contributed by atoms with van der Waals surface area (Å²) in [6, 6.07) is 5.14. The fraction of sp³-hybridized carbons (Fsp3) is 0.583. The summed E-state index contributed by atoms with van der Waals surface area (Å²) in [6.45, 7) is 4.17. The van der Waals surface area contributed by atoms with Crippen molar-refractivity contribution in [3.05, 3.63) is 30.1 Å². The molecule has 3 nitrogen and oxygen atoms in total. The van der Waals surface area contributed by atoms with Crippen LogP contribution in [0, 0.1) is 0 Å². The molecule has 0 saturated carbocycles. The summed E-state index contributed by atoms with van der Waals surface area (Å²) in [7, 11) is 0. The maximum atomic E-state index is 5.78. The first kappa shape index (κ1) is 10.6. The lowest BCUT2D eigenvalue weighted by molar-refractivity contribution is 0.196. The summed E-state index contributed by atoms with van der Waals surface area (Å²) in [5.74, 6) is 0. The van der Waals surface area contributed by atoms with E-state index in [9.17, 15) is 0 Å². The molecule has 0 aliphatic carbocycles. The summed E-state index contributed by atoms with van der Waals surface area (Å²) in [5.41, 5.74) is 7.07. The number of nitrogens with two attached hydrogens (primary N) is 1. The maximum absolute atomic E-state index is 5.78. The Morgan fingerprint density at radius 3 is 3.20 bits per heavy atom. The van der Waals surface area contributed by atoms with Crippen LogP contribution in [0.1, 0.15) is 31.4 Å². The first-order valence-corrected chi connectivity index (χ1v) is 5.68. The van der Waals surface area contributed by atoms with E-state index in [1.165, 1.54) is 18.4 Å². The van der Waals surface area contributed by atoms with E-state index in [1.807, 2.05) is 18.5 Å². The average Bonchev–Trinajstić information content (AvgIpc) is 2.77. The molecule has 2 rings (SSSR count). The van der Waals surface area contributed by atoms with Gasteiger partial charge in [0.25, 0.3) is 0 Å². The van der Waals surface area contributed by atoms with E-state index in [0.717, 1.165) is 13.1 Å². The van der Waals surface area contributed by atoms with Crippen LogP contribution in [-0.2, 0) is 0 Å². The van der Waals surface area contributed by atoms with E-state index in [-0.39, 0.29) is 0 Å². The second-order valence-corrected chi connectivity index (χ2v) is 4.23. The molecule has 3 heteroatoms. The Bertz CT molecular complexity index is 299. The summed E-state index contributed by atoms with van der Waals surface area (Å²) in [5, 5.41) is 0. The van der Waals surface area contributed by atoms with Crippen LogP contribution in [0.2, 0.25) is 0 Å². The molecular weight excluding hydrogens is 186 g/mol. The second-order valence-electron chi connectivity index (χ2n) is 4.23.